The second-order valence-electron chi connectivity index (χ2n) is 5.48. The number of thioether (sulfide) groups is 1. The number of β-lactam (4-membered cyclic amide) rings is 1. The molecule has 27 heavy (non-hydrogen) atoms. The number of carboxylic acid groups (broad SMARTS) is 1. The van der Waals surface area contributed by atoms with Crippen molar-refractivity contribution in [3.05, 3.63) is 21.8 Å². The fraction of sp³-hybridized carbons (Fsp3) is 0.357. The minimum absolute atomic E-state index is 0.0879. The van der Waals surface area contributed by atoms with E-state index in [1.165, 1.54) is 25.1 Å². The van der Waals surface area contributed by atoms with E-state index in [2.05, 4.69) is 20.3 Å². The van der Waals surface area contributed by atoms with Crippen LogP contribution in [0, 0.1) is 0 Å². The lowest BCUT2D eigenvalue weighted by atomic mass is 10.0. The molecule has 4 N–H and O–H groups in total. The first-order valence-corrected chi connectivity index (χ1v) is 9.80. The van der Waals surface area contributed by atoms with E-state index in [-0.39, 0.29) is 21.6 Å². The van der Waals surface area contributed by atoms with Crippen LogP contribution in [0.15, 0.2) is 21.3 Å². The number of hydrogen-bond acceptors (Lipinski definition) is 9. The Balaban J connectivity index is 1.77. The van der Waals surface area contributed by atoms with Gasteiger partial charge in [0.25, 0.3) is 5.91 Å². The Morgan fingerprint density at radius 1 is 1.63 bits per heavy atom. The highest BCUT2D eigenvalue weighted by Gasteiger charge is 2.54. The lowest BCUT2D eigenvalue weighted by molar-refractivity contribution is -0.150. The molecule has 0 aromatic carbocycles. The maximum absolute atomic E-state index is 12.7. The van der Waals surface area contributed by atoms with Crippen molar-refractivity contribution in [2.45, 2.75) is 17.3 Å². The number of rotatable bonds is 6. The van der Waals surface area contributed by atoms with E-state index in [4.69, 9.17) is 17.3 Å². The van der Waals surface area contributed by atoms with Crippen molar-refractivity contribution in [2.75, 3.05) is 18.6 Å². The van der Waals surface area contributed by atoms with E-state index < -0.39 is 35.1 Å². The second-order valence-corrected chi connectivity index (χ2v) is 7.93. The quantitative estimate of drug-likeness (QED) is 0.332. The van der Waals surface area contributed by atoms with Crippen molar-refractivity contribution >= 4 is 63.8 Å². The number of oxime groups is 1. The molecule has 1 saturated heterocycles. The molecule has 0 saturated carbocycles. The predicted octanol–water partition coefficient (Wildman–Crippen LogP) is 0.376. The predicted molar refractivity (Wildman–Crippen MR) is 100 cm³/mol. The lowest BCUT2D eigenvalue weighted by Gasteiger charge is -2.48. The van der Waals surface area contributed by atoms with Gasteiger partial charge in [-0.05, 0) is 0 Å². The summed E-state index contributed by atoms with van der Waals surface area (Å²) < 4.78 is 0. The molecule has 10 nitrogen and oxygen atoms in total. The first kappa shape index (κ1) is 19.5. The van der Waals surface area contributed by atoms with E-state index in [1.54, 1.807) is 5.38 Å². The minimum atomic E-state index is -1.29. The molecule has 2 aliphatic heterocycles. The van der Waals surface area contributed by atoms with Crippen LogP contribution in [0.25, 0.3) is 0 Å². The van der Waals surface area contributed by atoms with Crippen molar-refractivity contribution in [3.8, 4) is 0 Å². The molecule has 0 aliphatic carbocycles. The van der Waals surface area contributed by atoms with Crippen LogP contribution in [0.3, 0.4) is 0 Å². The summed E-state index contributed by atoms with van der Waals surface area (Å²) in [6.07, 6.45) is 1.25. The van der Waals surface area contributed by atoms with E-state index in [1.807, 2.05) is 0 Å². The summed E-state index contributed by atoms with van der Waals surface area (Å²) in [5.41, 5.74) is 5.73. The van der Waals surface area contributed by atoms with Crippen molar-refractivity contribution in [1.29, 1.82) is 0 Å². The van der Waals surface area contributed by atoms with Crippen LogP contribution in [0.2, 0.25) is 0 Å². The van der Waals surface area contributed by atoms with Gasteiger partial charge in [-0.2, -0.15) is 0 Å². The van der Waals surface area contributed by atoms with Gasteiger partial charge in [-0.25, -0.2) is 9.78 Å². The van der Waals surface area contributed by atoms with Crippen LogP contribution in [-0.2, 0) is 19.2 Å². The van der Waals surface area contributed by atoms with Gasteiger partial charge >= 0.3 is 5.97 Å². The van der Waals surface area contributed by atoms with Gasteiger partial charge in [-0.1, -0.05) is 16.8 Å². The van der Waals surface area contributed by atoms with Gasteiger partial charge in [0.1, 0.15) is 30.1 Å². The number of nitrogens with one attached hydrogen (secondary N) is 1. The third kappa shape index (κ3) is 3.59. The Morgan fingerprint density at radius 2 is 2.37 bits per heavy atom. The van der Waals surface area contributed by atoms with Crippen molar-refractivity contribution in [2.24, 2.45) is 5.16 Å². The number of amides is 2. The molecule has 2 amide bonds. The number of aliphatic carboxylic acids is 1. The molecule has 2 aliphatic rings. The van der Waals surface area contributed by atoms with Crippen LogP contribution in [0.1, 0.15) is 11.6 Å². The zero-order chi connectivity index (χ0) is 19.7. The van der Waals surface area contributed by atoms with Gasteiger partial charge in [0.2, 0.25) is 5.91 Å². The Morgan fingerprint density at radius 3 is 2.96 bits per heavy atom. The highest BCUT2D eigenvalue weighted by Crippen LogP contribution is 2.41. The number of nitrogen functional groups attached to an aromatic ring is 1. The highest BCUT2D eigenvalue weighted by molar-refractivity contribution is 8.00. The SMILES string of the molecule is CON=CC(C(=O)N[C@@H]1C(=O)N2C(C(=O)O)=C(Cl)CS[C@H]12)c1csc(N)n1. The Labute approximate surface area is 166 Å². The number of thiazole rings is 1. The zero-order valence-corrected chi connectivity index (χ0v) is 16.2. The molecule has 0 bridgehead atoms. The molecule has 1 aromatic rings. The molecule has 3 atom stereocenters. The number of hydrogen-bond donors (Lipinski definition) is 3. The third-order valence-electron chi connectivity index (χ3n) is 3.88. The van der Waals surface area contributed by atoms with Crippen molar-refractivity contribution in [1.82, 2.24) is 15.2 Å². The maximum atomic E-state index is 12.7. The van der Waals surface area contributed by atoms with Crippen LogP contribution >= 0.6 is 34.7 Å². The molecule has 3 heterocycles. The van der Waals surface area contributed by atoms with Crippen LogP contribution in [0.5, 0.6) is 0 Å². The Hall–Kier alpha value is -2.31. The molecule has 1 fully saturated rings. The lowest BCUT2D eigenvalue weighted by Crippen LogP contribution is -2.70. The number of carbonyl (C=O) groups excluding carboxylic acids is 2. The fourth-order valence-corrected chi connectivity index (χ4v) is 4.82. The van der Waals surface area contributed by atoms with Gasteiger partial charge in [-0.15, -0.1) is 23.1 Å². The van der Waals surface area contributed by atoms with Gasteiger partial charge < -0.3 is 21.0 Å². The summed E-state index contributed by atoms with van der Waals surface area (Å²) in [6.45, 7) is 0. The van der Waals surface area contributed by atoms with Gasteiger partial charge in [0.05, 0.1) is 16.9 Å². The Kier molecular flexibility index (Phi) is 5.58. The van der Waals surface area contributed by atoms with Gasteiger partial charge in [-0.3, -0.25) is 14.5 Å². The average molecular weight is 432 g/mol. The summed E-state index contributed by atoms with van der Waals surface area (Å²) in [6, 6.07) is -0.879. The molecule has 144 valence electrons. The molecule has 1 unspecified atom stereocenters. The largest absolute Gasteiger partial charge is 0.477 e. The zero-order valence-electron chi connectivity index (χ0n) is 13.8. The second kappa shape index (κ2) is 7.74. The number of halogens is 1. The van der Waals surface area contributed by atoms with Gasteiger partial charge in [0.15, 0.2) is 5.13 Å². The van der Waals surface area contributed by atoms with Crippen LogP contribution < -0.4 is 11.1 Å². The summed E-state index contributed by atoms with van der Waals surface area (Å²) in [4.78, 5) is 46.2. The normalized spacial score (nSPS) is 23.0. The number of aromatic nitrogens is 1. The first-order chi connectivity index (χ1) is 12.8. The molecule has 1 aromatic heterocycles. The fourth-order valence-electron chi connectivity index (χ4n) is 2.67. The summed E-state index contributed by atoms with van der Waals surface area (Å²) in [5, 5.41) is 16.9. The molecular formula is C14H14ClN5O5S2. The number of fused-ring (bicyclic) bond motifs is 1. The minimum Gasteiger partial charge on any atom is -0.477 e. The summed E-state index contributed by atoms with van der Waals surface area (Å²) in [5.74, 6) is -3.03. The van der Waals surface area contributed by atoms with Gasteiger partial charge in [0, 0.05) is 11.1 Å². The Bertz CT molecular complexity index is 857. The smallest absolute Gasteiger partial charge is 0.353 e. The molecular weight excluding hydrogens is 418 g/mol. The van der Waals surface area contributed by atoms with E-state index in [9.17, 15) is 19.5 Å². The standard InChI is InChI=1S/C14H14ClN5O5S2/c1-25-17-2-5(7-4-27-14(16)18-7)10(21)19-8-11(22)20-9(13(23)24)6(15)3-26-12(8)20/h2,4-5,8,12H,3H2,1H3,(H2,16,18)(H,19,21)(H,23,24)/t5?,8-,12-/m1/s1. The molecule has 3 rings (SSSR count). The summed E-state index contributed by atoms with van der Waals surface area (Å²) >= 11 is 8.36. The first-order valence-electron chi connectivity index (χ1n) is 7.49. The number of nitrogens with two attached hydrogens (primary N) is 1. The third-order valence-corrected chi connectivity index (χ3v) is 6.32. The average Bonchev–Trinajstić information content (AvgIpc) is 3.05. The van der Waals surface area contributed by atoms with E-state index >= 15 is 0 Å². The van der Waals surface area contributed by atoms with Crippen LogP contribution in [-0.4, -0.2) is 63.3 Å². The molecule has 0 spiro atoms. The van der Waals surface area contributed by atoms with Crippen LogP contribution in [0.4, 0.5) is 5.13 Å². The molecule has 13 heteroatoms. The molecule has 0 radical (unpaired) electrons. The van der Waals surface area contributed by atoms with E-state index in [0.29, 0.717) is 5.69 Å². The number of carboxylic acids is 1. The topological polar surface area (TPSA) is 147 Å². The summed E-state index contributed by atoms with van der Waals surface area (Å²) in [7, 11) is 1.33. The number of carbonyl (C=O) groups is 3. The maximum Gasteiger partial charge on any atom is 0.353 e. The monoisotopic (exact) mass is 431 g/mol. The number of nitrogens with zero attached hydrogens (tertiary/aromatic N) is 3. The van der Waals surface area contributed by atoms with Crippen molar-refractivity contribution in [3.63, 3.8) is 0 Å². The van der Waals surface area contributed by atoms with E-state index in [0.717, 1.165) is 16.2 Å². The van der Waals surface area contributed by atoms with Crippen molar-refractivity contribution < 1.29 is 24.3 Å². The highest BCUT2D eigenvalue weighted by atomic mass is 35.5. The number of anilines is 1.